The summed E-state index contributed by atoms with van der Waals surface area (Å²) in [6.45, 7) is 5.66. The quantitative estimate of drug-likeness (QED) is 0.0859. The fourth-order valence-electron chi connectivity index (χ4n) is 3.64. The third-order valence-electron chi connectivity index (χ3n) is 6.03. The molecule has 0 aliphatic heterocycles. The molecular weight excluding hydrogens is 436 g/mol. The van der Waals surface area contributed by atoms with E-state index in [-0.39, 0.29) is 0 Å². The van der Waals surface area contributed by atoms with Gasteiger partial charge in [0.05, 0.1) is 6.61 Å². The first-order valence-corrected chi connectivity index (χ1v) is 13.4. The van der Waals surface area contributed by atoms with Crippen LogP contribution in [0.1, 0.15) is 117 Å². The summed E-state index contributed by atoms with van der Waals surface area (Å²) in [5.41, 5.74) is -1.35. The second-order valence-corrected chi connectivity index (χ2v) is 9.99. The minimum atomic E-state index is -1.35. The summed E-state index contributed by atoms with van der Waals surface area (Å²) in [7, 11) is 0. The SMILES string of the molecule is CCCCCCCCCCCCCCCCCOC(=O)C(C)(C)C(=O)Oc1ccc(Cl)cc1. The summed E-state index contributed by atoms with van der Waals surface area (Å²) in [5, 5.41) is 0.553. The van der Waals surface area contributed by atoms with Crippen LogP contribution in [0.5, 0.6) is 5.75 Å². The molecule has 4 nitrogen and oxygen atoms in total. The van der Waals surface area contributed by atoms with Crippen molar-refractivity contribution in [1.29, 1.82) is 0 Å². The van der Waals surface area contributed by atoms with Gasteiger partial charge in [-0.25, -0.2) is 0 Å². The highest BCUT2D eigenvalue weighted by Gasteiger charge is 2.39. The van der Waals surface area contributed by atoms with Crippen LogP contribution in [-0.4, -0.2) is 18.5 Å². The molecule has 188 valence electrons. The summed E-state index contributed by atoms with van der Waals surface area (Å²) in [4.78, 5) is 24.7. The fourth-order valence-corrected chi connectivity index (χ4v) is 3.77. The Morgan fingerprint density at radius 1 is 0.697 bits per heavy atom. The monoisotopic (exact) mass is 480 g/mol. The molecule has 0 aromatic heterocycles. The second-order valence-electron chi connectivity index (χ2n) is 9.55. The summed E-state index contributed by atoms with van der Waals surface area (Å²) in [6, 6.07) is 6.45. The average molecular weight is 481 g/mol. The molecule has 0 spiro atoms. The van der Waals surface area contributed by atoms with Crippen LogP contribution in [0.2, 0.25) is 5.02 Å². The van der Waals surface area contributed by atoms with E-state index < -0.39 is 17.4 Å². The van der Waals surface area contributed by atoms with Crippen molar-refractivity contribution in [1.82, 2.24) is 0 Å². The molecule has 5 heteroatoms. The molecule has 1 aromatic rings. The molecule has 1 rings (SSSR count). The Morgan fingerprint density at radius 3 is 1.58 bits per heavy atom. The smallest absolute Gasteiger partial charge is 0.328 e. The van der Waals surface area contributed by atoms with Crippen molar-refractivity contribution < 1.29 is 19.1 Å². The number of benzene rings is 1. The standard InChI is InChI=1S/C28H45ClO4/c1-4-5-6-7-8-9-10-11-12-13-14-15-16-17-18-23-32-26(30)28(2,3)27(31)33-25-21-19-24(29)20-22-25/h19-22H,4-18,23H2,1-3H3. The van der Waals surface area contributed by atoms with Gasteiger partial charge in [0, 0.05) is 5.02 Å². The number of halogens is 1. The van der Waals surface area contributed by atoms with Crippen LogP contribution >= 0.6 is 11.6 Å². The Morgan fingerprint density at radius 2 is 1.12 bits per heavy atom. The van der Waals surface area contributed by atoms with E-state index in [0.717, 1.165) is 19.3 Å². The largest absolute Gasteiger partial charge is 0.465 e. The lowest BCUT2D eigenvalue weighted by Crippen LogP contribution is -2.38. The van der Waals surface area contributed by atoms with Gasteiger partial charge in [-0.2, -0.15) is 0 Å². The Labute approximate surface area is 206 Å². The Hall–Kier alpha value is -1.55. The van der Waals surface area contributed by atoms with Gasteiger partial charge in [-0.3, -0.25) is 9.59 Å². The topological polar surface area (TPSA) is 52.6 Å². The highest BCUT2D eigenvalue weighted by atomic mass is 35.5. The molecule has 0 fully saturated rings. The van der Waals surface area contributed by atoms with Crippen LogP contribution in [0.25, 0.3) is 0 Å². The van der Waals surface area contributed by atoms with Gasteiger partial charge >= 0.3 is 11.9 Å². The van der Waals surface area contributed by atoms with Gasteiger partial charge in [0.15, 0.2) is 5.41 Å². The maximum atomic E-state index is 12.4. The highest BCUT2D eigenvalue weighted by Crippen LogP contribution is 2.23. The van der Waals surface area contributed by atoms with E-state index in [1.807, 2.05) is 0 Å². The van der Waals surface area contributed by atoms with Crippen LogP contribution in [0.3, 0.4) is 0 Å². The maximum Gasteiger partial charge on any atom is 0.328 e. The third-order valence-corrected chi connectivity index (χ3v) is 6.28. The van der Waals surface area contributed by atoms with Gasteiger partial charge in [0.1, 0.15) is 5.75 Å². The summed E-state index contributed by atoms with van der Waals surface area (Å²) in [5.74, 6) is -0.828. The molecule has 33 heavy (non-hydrogen) atoms. The van der Waals surface area contributed by atoms with Gasteiger partial charge in [-0.1, -0.05) is 108 Å². The zero-order valence-electron chi connectivity index (χ0n) is 21.1. The molecule has 0 atom stereocenters. The number of hydrogen-bond acceptors (Lipinski definition) is 4. The van der Waals surface area contributed by atoms with Crippen molar-refractivity contribution in [2.24, 2.45) is 5.41 Å². The fraction of sp³-hybridized carbons (Fsp3) is 0.714. The van der Waals surface area contributed by atoms with Crippen LogP contribution in [0.15, 0.2) is 24.3 Å². The van der Waals surface area contributed by atoms with E-state index in [0.29, 0.717) is 17.4 Å². The average Bonchev–Trinajstić information content (AvgIpc) is 2.80. The number of rotatable bonds is 19. The molecule has 0 aliphatic carbocycles. The number of carbonyl (C=O) groups excluding carboxylic acids is 2. The normalized spacial score (nSPS) is 11.4. The molecule has 0 aliphatic rings. The molecule has 0 bridgehead atoms. The first kappa shape index (κ1) is 29.5. The summed E-state index contributed by atoms with van der Waals surface area (Å²) in [6.07, 6.45) is 19.4. The van der Waals surface area contributed by atoms with Crippen LogP contribution < -0.4 is 4.74 Å². The van der Waals surface area contributed by atoms with E-state index in [2.05, 4.69) is 6.92 Å². The Bertz CT molecular complexity index is 654. The molecule has 0 heterocycles. The molecule has 1 aromatic carbocycles. The first-order valence-electron chi connectivity index (χ1n) is 13.0. The minimum absolute atomic E-state index is 0.342. The predicted molar refractivity (Wildman–Crippen MR) is 137 cm³/mol. The third kappa shape index (κ3) is 13.7. The Kier molecular flexibility index (Phi) is 16.0. The van der Waals surface area contributed by atoms with Gasteiger partial charge < -0.3 is 9.47 Å². The van der Waals surface area contributed by atoms with E-state index in [1.165, 1.54) is 90.9 Å². The van der Waals surface area contributed by atoms with Crippen LogP contribution in [-0.2, 0) is 14.3 Å². The van der Waals surface area contributed by atoms with Gasteiger partial charge in [-0.15, -0.1) is 0 Å². The number of esters is 2. The number of unbranched alkanes of at least 4 members (excludes halogenated alkanes) is 14. The number of hydrogen-bond donors (Lipinski definition) is 0. The lowest BCUT2D eigenvalue weighted by atomic mass is 9.94. The van der Waals surface area contributed by atoms with Crippen LogP contribution in [0.4, 0.5) is 0 Å². The molecule has 0 radical (unpaired) electrons. The second kappa shape index (κ2) is 17.9. The maximum absolute atomic E-state index is 12.4. The molecular formula is C28H45ClO4. The van der Waals surface area contributed by atoms with Gasteiger partial charge in [0.25, 0.3) is 0 Å². The van der Waals surface area contributed by atoms with Crippen LogP contribution in [0, 0.1) is 5.41 Å². The van der Waals surface area contributed by atoms with E-state index in [9.17, 15) is 9.59 Å². The molecule has 0 saturated carbocycles. The van der Waals surface area contributed by atoms with Crippen molar-refractivity contribution >= 4 is 23.5 Å². The van der Waals surface area contributed by atoms with E-state index in [4.69, 9.17) is 21.1 Å². The molecule has 0 unspecified atom stereocenters. The van der Waals surface area contributed by atoms with Crippen molar-refractivity contribution in [3.8, 4) is 5.75 Å². The van der Waals surface area contributed by atoms with Gasteiger partial charge in [0.2, 0.25) is 0 Å². The van der Waals surface area contributed by atoms with E-state index >= 15 is 0 Å². The van der Waals surface area contributed by atoms with Crippen molar-refractivity contribution in [3.63, 3.8) is 0 Å². The zero-order chi connectivity index (χ0) is 24.4. The zero-order valence-corrected chi connectivity index (χ0v) is 21.9. The highest BCUT2D eigenvalue weighted by molar-refractivity contribution is 6.30. The number of carbonyl (C=O) groups is 2. The van der Waals surface area contributed by atoms with Crippen molar-refractivity contribution in [3.05, 3.63) is 29.3 Å². The first-order chi connectivity index (χ1) is 15.9. The van der Waals surface area contributed by atoms with Gasteiger partial charge in [-0.05, 0) is 44.5 Å². The lowest BCUT2D eigenvalue weighted by molar-refractivity contribution is -0.164. The predicted octanol–water partition coefficient (Wildman–Crippen LogP) is 8.69. The van der Waals surface area contributed by atoms with Crippen molar-refractivity contribution in [2.75, 3.05) is 6.61 Å². The molecule has 0 N–H and O–H groups in total. The summed E-state index contributed by atoms with van der Waals surface area (Å²) >= 11 is 5.83. The Balaban J connectivity index is 2.00. The number of ether oxygens (including phenoxy) is 2. The summed E-state index contributed by atoms with van der Waals surface area (Å²) < 4.78 is 10.6. The molecule has 0 amide bonds. The van der Waals surface area contributed by atoms with E-state index in [1.54, 1.807) is 24.3 Å². The van der Waals surface area contributed by atoms with Crippen molar-refractivity contribution in [2.45, 2.75) is 117 Å². The lowest BCUT2D eigenvalue weighted by Gasteiger charge is -2.20. The minimum Gasteiger partial charge on any atom is -0.465 e. The molecule has 0 saturated heterocycles.